The molecule has 8 heteroatoms. The number of carbonyl (C=O) groups excluding carboxylic acids is 1. The second kappa shape index (κ2) is 5.88. The number of hydrogen-bond donors (Lipinski definition) is 0. The minimum Gasteiger partial charge on any atom is -0.548 e. The van der Waals surface area contributed by atoms with Crippen LogP contribution in [0.4, 0.5) is 23.2 Å². The van der Waals surface area contributed by atoms with Crippen molar-refractivity contribution < 1.29 is 32.2 Å². The number of alkyl halides is 3. The molecule has 0 radical (unpaired) electrons. The number of carbonyl (C=O) groups is 1. The molecule has 1 fully saturated rings. The van der Waals surface area contributed by atoms with Crippen LogP contribution in [-0.2, 0) is 15.7 Å². The molecule has 1 aromatic rings. The van der Waals surface area contributed by atoms with Gasteiger partial charge in [-0.15, -0.1) is 0 Å². The van der Waals surface area contributed by atoms with Gasteiger partial charge in [-0.2, -0.15) is 13.2 Å². The molecule has 1 unspecified atom stereocenters. The largest absolute Gasteiger partial charge is 0.548 e. The molecule has 2 rings (SSSR count). The molecule has 1 saturated heterocycles. The Bertz CT molecular complexity index is 533. The van der Waals surface area contributed by atoms with Crippen molar-refractivity contribution in [1.29, 1.82) is 0 Å². The maximum atomic E-state index is 13.2. The van der Waals surface area contributed by atoms with E-state index in [1.54, 1.807) is 4.90 Å². The summed E-state index contributed by atoms with van der Waals surface area (Å²) in [7, 11) is 0. The van der Waals surface area contributed by atoms with Crippen molar-refractivity contribution in [3.05, 3.63) is 29.6 Å². The van der Waals surface area contributed by atoms with Crippen molar-refractivity contribution in [3.8, 4) is 0 Å². The van der Waals surface area contributed by atoms with Crippen molar-refractivity contribution in [2.24, 2.45) is 0 Å². The third-order valence-electron chi connectivity index (χ3n) is 3.20. The van der Waals surface area contributed by atoms with E-state index in [1.165, 1.54) is 6.07 Å². The van der Waals surface area contributed by atoms with Crippen molar-refractivity contribution in [2.45, 2.75) is 18.7 Å². The Morgan fingerprint density at radius 2 is 2.14 bits per heavy atom. The van der Waals surface area contributed by atoms with Crippen LogP contribution in [0.1, 0.15) is 12.0 Å². The number of nitrogens with zero attached hydrogens (tertiary/aromatic N) is 1. The molecule has 0 N–H and O–H groups in total. The van der Waals surface area contributed by atoms with Gasteiger partial charge in [0.05, 0.1) is 24.2 Å². The summed E-state index contributed by atoms with van der Waals surface area (Å²) in [5.41, 5.74) is -1.10. The zero-order chi connectivity index (χ0) is 15.6. The van der Waals surface area contributed by atoms with Crippen molar-refractivity contribution in [2.75, 3.05) is 24.6 Å². The molecule has 1 aliphatic heterocycles. The van der Waals surface area contributed by atoms with E-state index >= 15 is 0 Å². The third-order valence-corrected chi connectivity index (χ3v) is 3.20. The van der Waals surface area contributed by atoms with E-state index in [0.717, 1.165) is 12.1 Å². The average Bonchev–Trinajstić information content (AvgIpc) is 2.84. The highest BCUT2D eigenvalue weighted by Gasteiger charge is 2.35. The second-order valence-electron chi connectivity index (χ2n) is 4.70. The highest BCUT2D eigenvalue weighted by molar-refractivity contribution is 5.65. The van der Waals surface area contributed by atoms with Crippen molar-refractivity contribution in [3.63, 3.8) is 0 Å². The van der Waals surface area contributed by atoms with Gasteiger partial charge in [-0.05, 0) is 24.6 Å². The zero-order valence-electron chi connectivity index (χ0n) is 10.8. The Morgan fingerprint density at radius 3 is 2.76 bits per heavy atom. The van der Waals surface area contributed by atoms with E-state index < -0.39 is 36.2 Å². The monoisotopic (exact) mass is 306 g/mol. The first kappa shape index (κ1) is 15.6. The van der Waals surface area contributed by atoms with Crippen molar-refractivity contribution in [1.82, 2.24) is 0 Å². The quantitative estimate of drug-likeness (QED) is 0.784. The molecule has 21 heavy (non-hydrogen) atoms. The minimum atomic E-state index is -4.76. The first-order chi connectivity index (χ1) is 9.77. The SMILES string of the molecule is O=C([O-])COC1CCN(c2ccc(F)c(C(F)(F)F)c2)C1. The standard InChI is InChI=1S/C13H13F4NO3/c14-11-2-1-8(5-10(11)13(15,16)17)18-4-3-9(6-18)21-7-12(19)20/h1-2,5,9H,3-4,6-7H2,(H,19,20)/p-1. The second-order valence-corrected chi connectivity index (χ2v) is 4.70. The molecule has 116 valence electrons. The predicted octanol–water partition coefficient (Wildman–Crippen LogP) is 1.19. The number of benzene rings is 1. The highest BCUT2D eigenvalue weighted by Crippen LogP contribution is 2.34. The molecule has 0 spiro atoms. The lowest BCUT2D eigenvalue weighted by Crippen LogP contribution is -2.31. The highest BCUT2D eigenvalue weighted by atomic mass is 19.4. The molecule has 0 aliphatic carbocycles. The molecular weight excluding hydrogens is 294 g/mol. The number of anilines is 1. The fourth-order valence-electron chi connectivity index (χ4n) is 2.21. The summed E-state index contributed by atoms with van der Waals surface area (Å²) in [6.07, 6.45) is -4.68. The molecular formula is C13H12F4NO3-. The number of hydrogen-bond acceptors (Lipinski definition) is 4. The lowest BCUT2D eigenvalue weighted by Gasteiger charge is -2.20. The van der Waals surface area contributed by atoms with Gasteiger partial charge in [-0.3, -0.25) is 0 Å². The number of aliphatic carboxylic acids is 1. The summed E-state index contributed by atoms with van der Waals surface area (Å²) in [5.74, 6) is -2.68. The van der Waals surface area contributed by atoms with Gasteiger partial charge in [-0.25, -0.2) is 4.39 Å². The number of carboxylic acids is 1. The van der Waals surface area contributed by atoms with Gasteiger partial charge in [0.2, 0.25) is 0 Å². The van der Waals surface area contributed by atoms with E-state index in [-0.39, 0.29) is 12.2 Å². The molecule has 1 atom stereocenters. The Kier molecular flexibility index (Phi) is 4.36. The predicted molar refractivity (Wildman–Crippen MR) is 63.0 cm³/mol. The summed E-state index contributed by atoms with van der Waals surface area (Å²) in [6, 6.07) is 2.77. The van der Waals surface area contributed by atoms with Crippen molar-refractivity contribution >= 4 is 11.7 Å². The van der Waals surface area contributed by atoms with Gasteiger partial charge in [-0.1, -0.05) is 0 Å². The van der Waals surface area contributed by atoms with E-state index in [2.05, 4.69) is 0 Å². The summed E-state index contributed by atoms with van der Waals surface area (Å²) < 4.78 is 56.2. The van der Waals surface area contributed by atoms with Gasteiger partial charge in [0.1, 0.15) is 5.82 Å². The van der Waals surface area contributed by atoms with Crippen LogP contribution < -0.4 is 10.0 Å². The molecule has 0 bridgehead atoms. The lowest BCUT2D eigenvalue weighted by atomic mass is 10.1. The zero-order valence-corrected chi connectivity index (χ0v) is 10.8. The molecule has 1 heterocycles. The molecule has 0 aromatic heterocycles. The third kappa shape index (κ3) is 3.84. The number of rotatable bonds is 4. The lowest BCUT2D eigenvalue weighted by molar-refractivity contribution is -0.310. The van der Waals surface area contributed by atoms with E-state index in [4.69, 9.17) is 4.74 Å². The Labute approximate surface area is 117 Å². The number of ether oxygens (including phenoxy) is 1. The number of halogens is 4. The fraction of sp³-hybridized carbons (Fsp3) is 0.462. The molecule has 4 nitrogen and oxygen atoms in total. The topological polar surface area (TPSA) is 52.6 Å². The van der Waals surface area contributed by atoms with Crippen LogP contribution >= 0.6 is 0 Å². The summed E-state index contributed by atoms with van der Waals surface area (Å²) in [6.45, 7) is 0.0899. The van der Waals surface area contributed by atoms with Gasteiger partial charge in [0, 0.05) is 18.8 Å². The smallest absolute Gasteiger partial charge is 0.419 e. The van der Waals surface area contributed by atoms with E-state index in [1.807, 2.05) is 0 Å². The van der Waals surface area contributed by atoms with Crippen LogP contribution in [0.5, 0.6) is 0 Å². The van der Waals surface area contributed by atoms with Crippen LogP contribution in [-0.4, -0.2) is 31.8 Å². The maximum absolute atomic E-state index is 13.2. The molecule has 0 amide bonds. The van der Waals surface area contributed by atoms with Gasteiger partial charge in [0.15, 0.2) is 0 Å². The van der Waals surface area contributed by atoms with Crippen LogP contribution in [0, 0.1) is 5.82 Å². The first-order valence-electron chi connectivity index (χ1n) is 6.20. The minimum absolute atomic E-state index is 0.225. The molecule has 0 saturated carbocycles. The first-order valence-corrected chi connectivity index (χ1v) is 6.20. The van der Waals surface area contributed by atoms with E-state index in [0.29, 0.717) is 13.0 Å². The van der Waals surface area contributed by atoms with Crippen LogP contribution in [0.15, 0.2) is 18.2 Å². The normalized spacial score (nSPS) is 19.0. The molecule has 1 aliphatic rings. The summed E-state index contributed by atoms with van der Waals surface area (Å²) >= 11 is 0. The van der Waals surface area contributed by atoms with Crippen LogP contribution in [0.3, 0.4) is 0 Å². The summed E-state index contributed by atoms with van der Waals surface area (Å²) in [5, 5.41) is 10.3. The maximum Gasteiger partial charge on any atom is 0.419 e. The Morgan fingerprint density at radius 1 is 1.43 bits per heavy atom. The number of carboxylic acid groups (broad SMARTS) is 1. The van der Waals surface area contributed by atoms with Crippen LogP contribution in [0.2, 0.25) is 0 Å². The van der Waals surface area contributed by atoms with Gasteiger partial charge < -0.3 is 19.5 Å². The van der Waals surface area contributed by atoms with Gasteiger partial charge >= 0.3 is 6.18 Å². The van der Waals surface area contributed by atoms with Crippen LogP contribution in [0.25, 0.3) is 0 Å². The Hall–Kier alpha value is -1.83. The summed E-state index contributed by atoms with van der Waals surface area (Å²) in [4.78, 5) is 11.9. The average molecular weight is 306 g/mol. The van der Waals surface area contributed by atoms with E-state index in [9.17, 15) is 27.5 Å². The molecule has 1 aromatic carbocycles. The Balaban J connectivity index is 2.08. The van der Waals surface area contributed by atoms with Gasteiger partial charge in [0.25, 0.3) is 0 Å². The fourth-order valence-corrected chi connectivity index (χ4v) is 2.21.